The minimum absolute atomic E-state index is 0.0651. The molecule has 2 atom stereocenters. The van der Waals surface area contributed by atoms with E-state index in [1.807, 2.05) is 0 Å². The number of amidine groups is 1. The molecular formula is C61H46N2. The molecule has 0 spiro atoms. The van der Waals surface area contributed by atoms with Gasteiger partial charge in [0.2, 0.25) is 0 Å². The Bertz CT molecular complexity index is 3450. The van der Waals surface area contributed by atoms with E-state index in [1.165, 1.54) is 99.1 Å². The number of para-hydroxylation sites is 1. The monoisotopic (exact) mass is 806 g/mol. The maximum atomic E-state index is 5.29. The molecule has 0 aromatic heterocycles. The lowest BCUT2D eigenvalue weighted by Gasteiger charge is -2.29. The van der Waals surface area contributed by atoms with Crippen LogP contribution in [0.25, 0.3) is 76.8 Å². The third kappa shape index (κ3) is 5.04. The summed E-state index contributed by atoms with van der Waals surface area (Å²) in [6, 6.07) is 64.1. The summed E-state index contributed by atoms with van der Waals surface area (Å²) in [5.74, 6) is 1.01. The molecule has 2 unspecified atom stereocenters. The van der Waals surface area contributed by atoms with Crippen LogP contribution < -0.4 is 4.90 Å². The first-order valence-corrected chi connectivity index (χ1v) is 22.5. The molecule has 0 saturated heterocycles. The third-order valence-corrected chi connectivity index (χ3v) is 14.9. The minimum atomic E-state index is -0.197. The molecule has 4 aliphatic rings. The van der Waals surface area contributed by atoms with E-state index in [0.717, 1.165) is 17.1 Å². The van der Waals surface area contributed by atoms with Crippen LogP contribution >= 0.6 is 0 Å². The number of hydrogen-bond acceptors (Lipinski definition) is 2. The van der Waals surface area contributed by atoms with E-state index in [0.29, 0.717) is 0 Å². The first kappa shape index (κ1) is 36.4. The normalized spacial score (nSPS) is 18.3. The largest absolute Gasteiger partial charge is 0.317 e. The van der Waals surface area contributed by atoms with Crippen LogP contribution in [0.2, 0.25) is 0 Å². The Kier molecular flexibility index (Phi) is 7.57. The zero-order valence-electron chi connectivity index (χ0n) is 36.0. The number of fused-ring (bicyclic) bond motifs is 11. The lowest BCUT2D eigenvalue weighted by molar-refractivity contribution is 0.652. The average molecular weight is 807 g/mol. The van der Waals surface area contributed by atoms with E-state index < -0.39 is 0 Å². The van der Waals surface area contributed by atoms with Crippen LogP contribution in [-0.2, 0) is 10.8 Å². The molecule has 300 valence electrons. The highest BCUT2D eigenvalue weighted by molar-refractivity contribution is 6.25. The first-order valence-electron chi connectivity index (χ1n) is 22.5. The maximum absolute atomic E-state index is 5.29. The van der Waals surface area contributed by atoms with Gasteiger partial charge in [0, 0.05) is 22.1 Å². The van der Waals surface area contributed by atoms with Gasteiger partial charge in [0.05, 0.1) is 12.1 Å². The van der Waals surface area contributed by atoms with Crippen molar-refractivity contribution in [2.24, 2.45) is 4.99 Å². The third-order valence-electron chi connectivity index (χ3n) is 14.9. The van der Waals surface area contributed by atoms with Gasteiger partial charge in [-0.05, 0) is 129 Å². The van der Waals surface area contributed by atoms with E-state index in [4.69, 9.17) is 4.99 Å². The van der Waals surface area contributed by atoms with E-state index in [-0.39, 0.29) is 22.9 Å². The number of nitrogens with zero attached hydrogens (tertiary/aromatic N) is 2. The van der Waals surface area contributed by atoms with Crippen molar-refractivity contribution in [3.05, 3.63) is 222 Å². The van der Waals surface area contributed by atoms with E-state index >= 15 is 0 Å². The minimum Gasteiger partial charge on any atom is -0.317 e. The van der Waals surface area contributed by atoms with Gasteiger partial charge >= 0.3 is 0 Å². The molecule has 13 rings (SSSR count). The molecule has 1 heterocycles. The summed E-state index contributed by atoms with van der Waals surface area (Å²) in [5, 5.41) is 7.67. The summed E-state index contributed by atoms with van der Waals surface area (Å²) >= 11 is 0. The van der Waals surface area contributed by atoms with E-state index in [2.05, 4.69) is 227 Å². The van der Waals surface area contributed by atoms with Crippen molar-refractivity contribution in [1.82, 2.24) is 0 Å². The van der Waals surface area contributed by atoms with Crippen LogP contribution in [0.15, 0.2) is 199 Å². The summed E-state index contributed by atoms with van der Waals surface area (Å²) < 4.78 is 0. The number of allylic oxidation sites excluding steroid dienone is 2. The Hall–Kier alpha value is -7.29. The number of rotatable bonds is 4. The Labute approximate surface area is 369 Å². The van der Waals surface area contributed by atoms with E-state index in [9.17, 15) is 0 Å². The lowest BCUT2D eigenvalue weighted by atomic mass is 9.78. The van der Waals surface area contributed by atoms with Crippen LogP contribution in [0.3, 0.4) is 0 Å². The molecular weight excluding hydrogens is 761 g/mol. The second kappa shape index (κ2) is 13.1. The van der Waals surface area contributed by atoms with Crippen molar-refractivity contribution < 1.29 is 0 Å². The molecule has 0 bridgehead atoms. The van der Waals surface area contributed by atoms with Crippen LogP contribution in [0.1, 0.15) is 55.5 Å². The van der Waals surface area contributed by atoms with Gasteiger partial charge in [0.25, 0.3) is 0 Å². The summed E-state index contributed by atoms with van der Waals surface area (Å²) in [7, 11) is 0. The molecule has 0 radical (unpaired) electrons. The van der Waals surface area contributed by atoms with Crippen molar-refractivity contribution in [2.75, 3.05) is 4.90 Å². The molecule has 0 saturated carbocycles. The molecule has 2 heteroatoms. The summed E-state index contributed by atoms with van der Waals surface area (Å²) in [6.07, 6.45) is 8.76. The fraction of sp³-hybridized carbons (Fsp3) is 0.131. The predicted octanol–water partition coefficient (Wildman–Crippen LogP) is 15.2. The SMILES string of the molecule is CC1(C)c2ccccc2-c2cc3c(cc21)-c1c(cc(-c2c4ccccc4c(-c4ccc(C5=NC6C=CC=CC6N5c5ccccc5)cc4)c4ccccc24)c2ccccc12)C3(C)C. The highest BCUT2D eigenvalue weighted by atomic mass is 15.3. The fourth-order valence-electron chi connectivity index (χ4n) is 11.9. The summed E-state index contributed by atoms with van der Waals surface area (Å²) in [6.45, 7) is 9.67. The van der Waals surface area contributed by atoms with Gasteiger partial charge in [-0.2, -0.15) is 0 Å². The second-order valence-corrected chi connectivity index (χ2v) is 19.0. The summed E-state index contributed by atoms with van der Waals surface area (Å²) in [5.41, 5.74) is 18.3. The van der Waals surface area contributed by atoms with Gasteiger partial charge in [-0.3, -0.25) is 4.99 Å². The van der Waals surface area contributed by atoms with Crippen LogP contribution in [0.5, 0.6) is 0 Å². The number of hydrogen-bond donors (Lipinski definition) is 0. The van der Waals surface area contributed by atoms with Gasteiger partial charge in [-0.25, -0.2) is 0 Å². The molecule has 9 aromatic carbocycles. The summed E-state index contributed by atoms with van der Waals surface area (Å²) in [4.78, 5) is 7.69. The molecule has 9 aromatic rings. The van der Waals surface area contributed by atoms with Crippen LogP contribution in [-0.4, -0.2) is 17.9 Å². The van der Waals surface area contributed by atoms with Crippen molar-refractivity contribution >= 4 is 43.8 Å². The smallest absolute Gasteiger partial charge is 0.136 e. The molecule has 0 amide bonds. The first-order chi connectivity index (χ1) is 30.8. The standard InChI is InChI=1S/C61H46N2/c1-60(2)50-27-15-14-21-41(50)47-34-52-49(36-51(47)60)58-42-22-9-8-20-40(42)48(35-53(58)61(52,3)4)57-45-25-12-10-23-43(45)56(44-24-11-13-26-46(44)57)37-30-32-38(33-31-37)59-62-54-28-16-17-29-55(54)63(59)39-18-6-5-7-19-39/h5-36,54-55H,1-4H3. The van der Waals surface area contributed by atoms with Gasteiger partial charge in [-0.15, -0.1) is 0 Å². The topological polar surface area (TPSA) is 15.6 Å². The Morgan fingerprint density at radius 2 is 0.905 bits per heavy atom. The van der Waals surface area contributed by atoms with Crippen LogP contribution in [0, 0.1) is 0 Å². The molecule has 63 heavy (non-hydrogen) atoms. The highest BCUT2D eigenvalue weighted by Crippen LogP contribution is 2.59. The second-order valence-electron chi connectivity index (χ2n) is 19.0. The van der Waals surface area contributed by atoms with Gasteiger partial charge < -0.3 is 4.90 Å². The Morgan fingerprint density at radius 3 is 1.60 bits per heavy atom. The predicted molar refractivity (Wildman–Crippen MR) is 266 cm³/mol. The lowest BCUT2D eigenvalue weighted by Crippen LogP contribution is -2.39. The zero-order valence-corrected chi connectivity index (χ0v) is 36.0. The van der Waals surface area contributed by atoms with Gasteiger partial charge in [0.1, 0.15) is 5.84 Å². The molecule has 2 nitrogen and oxygen atoms in total. The van der Waals surface area contributed by atoms with Crippen molar-refractivity contribution in [3.8, 4) is 44.5 Å². The average Bonchev–Trinajstić information content (AvgIpc) is 3.90. The molecule has 0 fully saturated rings. The van der Waals surface area contributed by atoms with Crippen molar-refractivity contribution in [3.63, 3.8) is 0 Å². The van der Waals surface area contributed by atoms with Crippen LogP contribution in [0.4, 0.5) is 5.69 Å². The van der Waals surface area contributed by atoms with E-state index in [1.54, 1.807) is 0 Å². The Balaban J connectivity index is 0.994. The van der Waals surface area contributed by atoms with Gasteiger partial charge in [0.15, 0.2) is 0 Å². The number of benzene rings is 9. The zero-order chi connectivity index (χ0) is 42.2. The fourth-order valence-corrected chi connectivity index (χ4v) is 11.9. The quantitative estimate of drug-likeness (QED) is 0.162. The number of anilines is 1. The molecule has 0 N–H and O–H groups in total. The maximum Gasteiger partial charge on any atom is 0.136 e. The highest BCUT2D eigenvalue weighted by Gasteiger charge is 2.43. The van der Waals surface area contributed by atoms with Crippen molar-refractivity contribution in [2.45, 2.75) is 50.6 Å². The Morgan fingerprint density at radius 1 is 0.397 bits per heavy atom. The van der Waals surface area contributed by atoms with Gasteiger partial charge in [-0.1, -0.05) is 192 Å². The van der Waals surface area contributed by atoms with Crippen molar-refractivity contribution in [1.29, 1.82) is 0 Å². The molecule has 1 aliphatic heterocycles. The molecule has 3 aliphatic carbocycles. The number of aliphatic imine (C=N–C) groups is 1.